The number of carboxylic acid groups (broad SMARTS) is 1. The Balaban J connectivity index is 1.68. The van der Waals surface area contributed by atoms with E-state index in [9.17, 15) is 23.1 Å². The van der Waals surface area contributed by atoms with Gasteiger partial charge in [0.2, 0.25) is 21.1 Å². The van der Waals surface area contributed by atoms with Crippen LogP contribution in [0.2, 0.25) is 0 Å². The molecule has 2 aliphatic rings. The Morgan fingerprint density at radius 1 is 1.44 bits per heavy atom. The van der Waals surface area contributed by atoms with Crippen molar-refractivity contribution in [1.29, 1.82) is 0 Å². The smallest absolute Gasteiger partial charge is 0.352 e. The number of aromatic nitrogens is 4. The van der Waals surface area contributed by atoms with Crippen LogP contribution in [0.15, 0.2) is 16.4 Å². The molecule has 1 aromatic heterocycles. The number of nitrogens with zero attached hydrogens (tertiary/aromatic N) is 5. The number of fused-ring (bicyclic) bond motifs is 1. The predicted molar refractivity (Wildman–Crippen MR) is 96.9 cm³/mol. The SMILES string of the molecule is NC1C(=O)N2C(C(=O)O)=C(CSc3nnnn3CCCS(N)(=O)=O)CSC12. The van der Waals surface area contributed by atoms with E-state index in [0.717, 1.165) is 0 Å². The lowest BCUT2D eigenvalue weighted by atomic mass is 10.0. The van der Waals surface area contributed by atoms with Gasteiger partial charge in [0.25, 0.3) is 0 Å². The van der Waals surface area contributed by atoms with Gasteiger partial charge in [0, 0.05) is 18.1 Å². The lowest BCUT2D eigenvalue weighted by Gasteiger charge is -2.48. The normalized spacial score (nSPS) is 22.6. The van der Waals surface area contributed by atoms with Crippen LogP contribution >= 0.6 is 23.5 Å². The second-order valence-corrected chi connectivity index (χ2v) is 9.67. The number of aryl methyl sites for hydroxylation is 1. The topological polar surface area (TPSA) is 187 Å². The number of carboxylic acids is 1. The van der Waals surface area contributed by atoms with Crippen molar-refractivity contribution >= 4 is 45.4 Å². The van der Waals surface area contributed by atoms with E-state index in [1.807, 2.05) is 0 Å². The highest BCUT2D eigenvalue weighted by Crippen LogP contribution is 2.40. The number of nitrogens with two attached hydrogens (primary N) is 2. The minimum absolute atomic E-state index is 0.0359. The first kappa shape index (κ1) is 20.1. The number of primary sulfonamides is 1. The van der Waals surface area contributed by atoms with E-state index in [1.165, 1.54) is 33.1 Å². The number of carbonyl (C=O) groups is 2. The van der Waals surface area contributed by atoms with Crippen LogP contribution in [0.25, 0.3) is 0 Å². The van der Waals surface area contributed by atoms with Crippen molar-refractivity contribution in [2.75, 3.05) is 17.3 Å². The summed E-state index contributed by atoms with van der Waals surface area (Å²) in [5, 5.41) is 25.8. The molecule has 0 spiro atoms. The van der Waals surface area contributed by atoms with Crippen LogP contribution in [-0.4, -0.2) is 79.2 Å². The molecule has 0 aliphatic carbocycles. The third kappa shape index (κ3) is 4.26. The van der Waals surface area contributed by atoms with Gasteiger partial charge >= 0.3 is 5.97 Å². The van der Waals surface area contributed by atoms with E-state index in [0.29, 0.717) is 16.5 Å². The van der Waals surface area contributed by atoms with E-state index < -0.39 is 27.9 Å². The molecule has 0 saturated carbocycles. The number of hydrogen-bond acceptors (Lipinski definition) is 10. The van der Waals surface area contributed by atoms with Gasteiger partial charge in [0.15, 0.2) is 0 Å². The van der Waals surface area contributed by atoms with Crippen LogP contribution in [-0.2, 0) is 26.2 Å². The van der Waals surface area contributed by atoms with E-state index in [4.69, 9.17) is 10.9 Å². The molecule has 1 aromatic rings. The third-order valence-corrected chi connectivity index (χ3v) is 7.23. The maximum atomic E-state index is 11.9. The lowest BCUT2D eigenvalue weighted by molar-refractivity contribution is -0.147. The molecule has 0 bridgehead atoms. The third-order valence-electron chi connectivity index (χ3n) is 3.96. The van der Waals surface area contributed by atoms with Crippen molar-refractivity contribution in [3.05, 3.63) is 11.3 Å². The second-order valence-electron chi connectivity index (χ2n) is 5.89. The highest BCUT2D eigenvalue weighted by Gasteiger charge is 2.51. The fourth-order valence-corrected chi connectivity index (χ4v) is 5.57. The molecule has 15 heteroatoms. The van der Waals surface area contributed by atoms with Gasteiger partial charge in [-0.05, 0) is 22.4 Å². The second kappa shape index (κ2) is 7.75. The van der Waals surface area contributed by atoms with Crippen molar-refractivity contribution in [2.45, 2.75) is 29.5 Å². The average molecular weight is 436 g/mol. The molecule has 148 valence electrons. The summed E-state index contributed by atoms with van der Waals surface area (Å²) in [5.41, 5.74) is 6.26. The maximum Gasteiger partial charge on any atom is 0.352 e. The zero-order valence-corrected chi connectivity index (χ0v) is 16.3. The van der Waals surface area contributed by atoms with Crippen molar-refractivity contribution in [1.82, 2.24) is 25.1 Å². The predicted octanol–water partition coefficient (Wildman–Crippen LogP) is -1.98. The highest BCUT2D eigenvalue weighted by atomic mass is 32.2. The number of sulfonamides is 1. The van der Waals surface area contributed by atoms with Gasteiger partial charge in [-0.2, -0.15) is 0 Å². The average Bonchev–Trinajstić information content (AvgIpc) is 3.04. The zero-order valence-electron chi connectivity index (χ0n) is 13.9. The van der Waals surface area contributed by atoms with Crippen molar-refractivity contribution in [2.24, 2.45) is 10.9 Å². The molecule has 0 radical (unpaired) electrons. The standard InChI is InChI=1S/C12H17N7O5S3/c13-7-9(20)19-8(11(21)22)6(4-25-10(7)19)5-26-12-15-16-17-18(12)2-1-3-27(14,23)24/h7,10H,1-5,13H2,(H,21,22)(H2,14,23,24). The molecule has 27 heavy (non-hydrogen) atoms. The quantitative estimate of drug-likeness (QED) is 0.303. The zero-order chi connectivity index (χ0) is 19.8. The van der Waals surface area contributed by atoms with Gasteiger partial charge in [-0.25, -0.2) is 23.0 Å². The number of carbonyl (C=O) groups excluding carboxylic acids is 1. The van der Waals surface area contributed by atoms with Crippen molar-refractivity contribution in [3.8, 4) is 0 Å². The molecular formula is C12H17N7O5S3. The van der Waals surface area contributed by atoms with Crippen molar-refractivity contribution in [3.63, 3.8) is 0 Å². The van der Waals surface area contributed by atoms with E-state index in [-0.39, 0.29) is 35.5 Å². The fraction of sp³-hybridized carbons (Fsp3) is 0.583. The Morgan fingerprint density at radius 3 is 2.85 bits per heavy atom. The molecule has 5 N–H and O–H groups in total. The van der Waals surface area contributed by atoms with Gasteiger partial charge < -0.3 is 10.8 Å². The summed E-state index contributed by atoms with van der Waals surface area (Å²) >= 11 is 2.63. The molecule has 3 heterocycles. The van der Waals surface area contributed by atoms with Crippen molar-refractivity contribution < 1.29 is 23.1 Å². The molecular weight excluding hydrogens is 418 g/mol. The first-order valence-electron chi connectivity index (χ1n) is 7.74. The number of aliphatic carboxylic acids is 1. The number of β-lactam (4-membered cyclic amide) rings is 1. The maximum absolute atomic E-state index is 11.9. The summed E-state index contributed by atoms with van der Waals surface area (Å²) in [7, 11) is -3.56. The molecule has 12 nitrogen and oxygen atoms in total. The van der Waals surface area contributed by atoms with Gasteiger partial charge in [0.05, 0.1) is 5.75 Å². The summed E-state index contributed by atoms with van der Waals surface area (Å²) in [5.74, 6) is -1.07. The Hall–Kier alpha value is -1.68. The Morgan fingerprint density at radius 2 is 2.19 bits per heavy atom. The van der Waals surface area contributed by atoms with Gasteiger partial charge in [-0.3, -0.25) is 9.69 Å². The monoisotopic (exact) mass is 435 g/mol. The Kier molecular flexibility index (Phi) is 5.76. The largest absolute Gasteiger partial charge is 0.477 e. The van der Waals surface area contributed by atoms with Crippen LogP contribution in [0.5, 0.6) is 0 Å². The summed E-state index contributed by atoms with van der Waals surface area (Å²) < 4.78 is 23.4. The van der Waals surface area contributed by atoms with Gasteiger partial charge in [-0.1, -0.05) is 11.8 Å². The van der Waals surface area contributed by atoms with Crippen LogP contribution in [0.4, 0.5) is 0 Å². The van der Waals surface area contributed by atoms with Gasteiger partial charge in [-0.15, -0.1) is 16.9 Å². The van der Waals surface area contributed by atoms with Crippen LogP contribution in [0, 0.1) is 0 Å². The Bertz CT molecular complexity index is 899. The first-order valence-corrected chi connectivity index (χ1v) is 11.5. The summed E-state index contributed by atoms with van der Waals surface area (Å²) in [6, 6.07) is -0.676. The van der Waals surface area contributed by atoms with Crippen LogP contribution in [0.1, 0.15) is 6.42 Å². The number of tetrazole rings is 1. The van der Waals surface area contributed by atoms with Crippen LogP contribution in [0.3, 0.4) is 0 Å². The molecule has 1 fully saturated rings. The Labute approximate surface area is 162 Å². The molecule has 2 unspecified atom stereocenters. The fourth-order valence-electron chi connectivity index (χ4n) is 2.70. The minimum atomic E-state index is -3.56. The first-order chi connectivity index (χ1) is 12.7. The van der Waals surface area contributed by atoms with Crippen LogP contribution < -0.4 is 10.9 Å². The molecule has 2 aliphatic heterocycles. The molecule has 3 rings (SSSR count). The minimum Gasteiger partial charge on any atom is -0.477 e. The highest BCUT2D eigenvalue weighted by molar-refractivity contribution is 8.01. The molecule has 1 amide bonds. The number of thioether (sulfide) groups is 2. The summed E-state index contributed by atoms with van der Waals surface area (Å²) in [6.07, 6.45) is 0.248. The lowest BCUT2D eigenvalue weighted by Crippen LogP contribution is -2.68. The molecule has 2 atom stereocenters. The number of rotatable bonds is 8. The van der Waals surface area contributed by atoms with E-state index in [2.05, 4.69) is 15.5 Å². The number of hydrogen-bond donors (Lipinski definition) is 3. The van der Waals surface area contributed by atoms with Gasteiger partial charge in [0.1, 0.15) is 17.1 Å². The summed E-state index contributed by atoms with van der Waals surface area (Å²) in [4.78, 5) is 24.8. The van der Waals surface area contributed by atoms with E-state index in [1.54, 1.807) is 0 Å². The van der Waals surface area contributed by atoms with E-state index >= 15 is 0 Å². The number of amides is 1. The summed E-state index contributed by atoms with van der Waals surface area (Å²) in [6.45, 7) is 0.257. The molecule has 0 aromatic carbocycles. The molecule has 1 saturated heterocycles.